The Labute approximate surface area is 106 Å². The van der Waals surface area contributed by atoms with E-state index in [0.29, 0.717) is 17.0 Å². The van der Waals surface area contributed by atoms with Crippen LogP contribution in [0.15, 0.2) is 12.1 Å². The van der Waals surface area contributed by atoms with Gasteiger partial charge in [0.2, 0.25) is 0 Å². The molecule has 0 saturated heterocycles. The Balaban J connectivity index is 0.00000144. The molecule has 1 aliphatic carbocycles. The van der Waals surface area contributed by atoms with E-state index < -0.39 is 5.97 Å². The number of hydrogen-bond donors (Lipinski definition) is 3. The maximum Gasteiger partial charge on any atom is 0.335 e. The third-order valence-electron chi connectivity index (χ3n) is 3.07. The van der Waals surface area contributed by atoms with E-state index in [0.717, 1.165) is 12.8 Å². The lowest BCUT2D eigenvalue weighted by atomic mass is 9.97. The average molecular weight is 258 g/mol. The van der Waals surface area contributed by atoms with Gasteiger partial charge in [-0.05, 0) is 43.4 Å². The first-order valence-corrected chi connectivity index (χ1v) is 5.33. The highest BCUT2D eigenvalue weighted by Crippen LogP contribution is 2.42. The first-order chi connectivity index (χ1) is 7.50. The molecule has 2 rings (SSSR count). The molecule has 0 aromatic heterocycles. The second-order valence-electron chi connectivity index (χ2n) is 4.40. The summed E-state index contributed by atoms with van der Waals surface area (Å²) in [5, 5.41) is 18.8. The maximum absolute atomic E-state index is 10.9. The zero-order valence-electron chi connectivity index (χ0n) is 9.51. The predicted octanol–water partition coefficient (Wildman–Crippen LogP) is 2.23. The zero-order valence-corrected chi connectivity index (χ0v) is 10.3. The van der Waals surface area contributed by atoms with Crippen LogP contribution in [-0.4, -0.2) is 16.2 Å². The van der Waals surface area contributed by atoms with Crippen molar-refractivity contribution in [3.8, 4) is 5.75 Å². The summed E-state index contributed by atoms with van der Waals surface area (Å²) in [6.07, 6.45) is 2.11. The van der Waals surface area contributed by atoms with Crippen LogP contribution in [-0.2, 0) is 0 Å². The fourth-order valence-electron chi connectivity index (χ4n) is 1.89. The van der Waals surface area contributed by atoms with Gasteiger partial charge < -0.3 is 15.9 Å². The lowest BCUT2D eigenvalue weighted by Crippen LogP contribution is -2.14. The highest BCUT2D eigenvalue weighted by molar-refractivity contribution is 5.88. The molecule has 4 nitrogen and oxygen atoms in total. The summed E-state index contributed by atoms with van der Waals surface area (Å²) in [6.45, 7) is 1.69. The van der Waals surface area contributed by atoms with Crippen LogP contribution in [0.5, 0.6) is 5.75 Å². The molecule has 0 radical (unpaired) electrons. The Hall–Kier alpha value is -1.26. The normalized spacial score (nSPS) is 16.1. The molecule has 17 heavy (non-hydrogen) atoms. The number of aromatic hydroxyl groups is 1. The van der Waals surface area contributed by atoms with Gasteiger partial charge in [-0.3, -0.25) is 0 Å². The number of carboxylic acids is 1. The van der Waals surface area contributed by atoms with Crippen molar-refractivity contribution in [2.24, 2.45) is 11.7 Å². The zero-order chi connectivity index (χ0) is 11.9. The van der Waals surface area contributed by atoms with Crippen molar-refractivity contribution >= 4 is 18.4 Å². The minimum atomic E-state index is -0.993. The van der Waals surface area contributed by atoms with Crippen molar-refractivity contribution in [3.63, 3.8) is 0 Å². The minimum Gasteiger partial charge on any atom is -0.507 e. The number of halogens is 1. The fourth-order valence-corrected chi connectivity index (χ4v) is 1.89. The minimum absolute atomic E-state index is 0. The summed E-state index contributed by atoms with van der Waals surface area (Å²) in [4.78, 5) is 10.9. The van der Waals surface area contributed by atoms with Crippen molar-refractivity contribution in [3.05, 3.63) is 28.8 Å². The molecular formula is C12H16ClNO3. The number of nitrogens with two attached hydrogens (primary N) is 1. The number of aromatic carboxylic acids is 1. The van der Waals surface area contributed by atoms with E-state index in [1.54, 1.807) is 6.92 Å². The molecule has 5 heteroatoms. The summed E-state index contributed by atoms with van der Waals surface area (Å²) in [5.41, 5.74) is 7.28. The van der Waals surface area contributed by atoms with Crippen LogP contribution in [0.3, 0.4) is 0 Å². The van der Waals surface area contributed by atoms with Gasteiger partial charge in [0.1, 0.15) is 5.75 Å². The lowest BCUT2D eigenvalue weighted by Gasteiger charge is -2.15. The Morgan fingerprint density at radius 3 is 2.53 bits per heavy atom. The van der Waals surface area contributed by atoms with Gasteiger partial charge in [-0.25, -0.2) is 4.79 Å². The molecule has 94 valence electrons. The van der Waals surface area contributed by atoms with E-state index >= 15 is 0 Å². The molecule has 0 amide bonds. The third-order valence-corrected chi connectivity index (χ3v) is 3.07. The first kappa shape index (κ1) is 13.8. The largest absolute Gasteiger partial charge is 0.507 e. The number of carboxylic acid groups (broad SMARTS) is 1. The Kier molecular flexibility index (Phi) is 4.01. The van der Waals surface area contributed by atoms with Crippen LogP contribution in [0.4, 0.5) is 0 Å². The monoisotopic (exact) mass is 257 g/mol. The van der Waals surface area contributed by atoms with Crippen molar-refractivity contribution in [2.45, 2.75) is 25.8 Å². The van der Waals surface area contributed by atoms with E-state index in [1.807, 2.05) is 0 Å². The van der Waals surface area contributed by atoms with E-state index in [-0.39, 0.29) is 29.8 Å². The quantitative estimate of drug-likeness (QED) is 0.775. The number of carbonyl (C=O) groups is 1. The molecule has 0 bridgehead atoms. The summed E-state index contributed by atoms with van der Waals surface area (Å²) in [6, 6.07) is 2.69. The van der Waals surface area contributed by atoms with Crippen LogP contribution < -0.4 is 5.73 Å². The van der Waals surface area contributed by atoms with Gasteiger partial charge in [0.15, 0.2) is 0 Å². The van der Waals surface area contributed by atoms with E-state index in [2.05, 4.69) is 0 Å². The van der Waals surface area contributed by atoms with Gasteiger partial charge in [-0.15, -0.1) is 12.4 Å². The van der Waals surface area contributed by atoms with Crippen LogP contribution >= 0.6 is 12.4 Å². The van der Waals surface area contributed by atoms with Crippen molar-refractivity contribution in [1.82, 2.24) is 0 Å². The average Bonchev–Trinajstić information content (AvgIpc) is 3.04. The molecule has 1 saturated carbocycles. The van der Waals surface area contributed by atoms with Gasteiger partial charge in [-0.2, -0.15) is 0 Å². The topological polar surface area (TPSA) is 83.5 Å². The predicted molar refractivity (Wildman–Crippen MR) is 66.7 cm³/mol. The number of phenolic OH excluding ortho intramolecular Hbond substituents is 1. The number of rotatable bonds is 3. The molecule has 0 unspecified atom stereocenters. The van der Waals surface area contributed by atoms with Crippen molar-refractivity contribution in [1.29, 1.82) is 0 Å². The van der Waals surface area contributed by atoms with Crippen LogP contribution in [0, 0.1) is 12.8 Å². The standard InChI is InChI=1S/C12H15NO3.ClH/c1-6-4-8(12(15)16)5-9(11(6)14)10(13)7-2-3-7;/h4-5,7,10,14H,2-3,13H2,1H3,(H,15,16);1H/t10-;/m1./s1. The third kappa shape index (κ3) is 2.70. The van der Waals surface area contributed by atoms with E-state index in [9.17, 15) is 9.90 Å². The molecule has 1 aromatic carbocycles. The van der Waals surface area contributed by atoms with E-state index in [4.69, 9.17) is 10.8 Å². The highest BCUT2D eigenvalue weighted by atomic mass is 35.5. The number of phenols is 1. The van der Waals surface area contributed by atoms with Crippen molar-refractivity contribution < 1.29 is 15.0 Å². The molecule has 0 heterocycles. The second kappa shape index (κ2) is 4.94. The number of hydrogen-bond acceptors (Lipinski definition) is 3. The Morgan fingerprint density at radius 2 is 2.06 bits per heavy atom. The Morgan fingerprint density at radius 1 is 1.47 bits per heavy atom. The van der Waals surface area contributed by atoms with Crippen LogP contribution in [0.1, 0.15) is 40.4 Å². The summed E-state index contributed by atoms with van der Waals surface area (Å²) < 4.78 is 0. The number of aryl methyl sites for hydroxylation is 1. The van der Waals surface area contributed by atoms with Crippen LogP contribution in [0.25, 0.3) is 0 Å². The van der Waals surface area contributed by atoms with Crippen molar-refractivity contribution in [2.75, 3.05) is 0 Å². The van der Waals surface area contributed by atoms with Gasteiger partial charge in [0.25, 0.3) is 0 Å². The van der Waals surface area contributed by atoms with Gasteiger partial charge >= 0.3 is 5.97 Å². The summed E-state index contributed by atoms with van der Waals surface area (Å²) >= 11 is 0. The molecule has 1 aromatic rings. The highest BCUT2D eigenvalue weighted by Gasteiger charge is 2.31. The molecular weight excluding hydrogens is 242 g/mol. The second-order valence-corrected chi connectivity index (χ2v) is 4.40. The van der Waals surface area contributed by atoms with Gasteiger partial charge in [-0.1, -0.05) is 0 Å². The van der Waals surface area contributed by atoms with Gasteiger partial charge in [0.05, 0.1) is 5.56 Å². The first-order valence-electron chi connectivity index (χ1n) is 5.33. The molecule has 1 fully saturated rings. The molecule has 0 aliphatic heterocycles. The van der Waals surface area contributed by atoms with Crippen LogP contribution in [0.2, 0.25) is 0 Å². The summed E-state index contributed by atoms with van der Waals surface area (Å²) in [5.74, 6) is -0.480. The maximum atomic E-state index is 10.9. The molecule has 4 N–H and O–H groups in total. The number of benzene rings is 1. The SMILES string of the molecule is Cc1cc(C(=O)O)cc([C@H](N)C2CC2)c1O.Cl. The summed E-state index contributed by atoms with van der Waals surface area (Å²) in [7, 11) is 0. The fraction of sp³-hybridized carbons (Fsp3) is 0.417. The smallest absolute Gasteiger partial charge is 0.335 e. The van der Waals surface area contributed by atoms with Gasteiger partial charge in [0, 0.05) is 11.6 Å². The molecule has 1 atom stereocenters. The van der Waals surface area contributed by atoms with E-state index in [1.165, 1.54) is 12.1 Å². The molecule has 1 aliphatic rings. The lowest BCUT2D eigenvalue weighted by molar-refractivity contribution is 0.0696. The molecule has 0 spiro atoms. The Bertz CT molecular complexity index is 444.